The number of aliphatic hydroxyl groups is 1. The molecule has 1 aliphatic carbocycles. The Labute approximate surface area is 68.8 Å². The maximum Gasteiger partial charge on any atom is 0.0648 e. The second-order valence-corrected chi connectivity index (χ2v) is 3.96. The van der Waals surface area contributed by atoms with Crippen LogP contribution in [0.2, 0.25) is 0 Å². The number of rotatable bonds is 4. The molecule has 0 aromatic carbocycles. The van der Waals surface area contributed by atoms with Gasteiger partial charge in [0.2, 0.25) is 0 Å². The Bertz CT molecular complexity index is 121. The summed E-state index contributed by atoms with van der Waals surface area (Å²) in [6.07, 6.45) is 5.24. The van der Waals surface area contributed by atoms with Crippen molar-refractivity contribution in [3.63, 3.8) is 0 Å². The summed E-state index contributed by atoms with van der Waals surface area (Å²) < 4.78 is 0. The van der Waals surface area contributed by atoms with E-state index in [1.54, 1.807) is 0 Å². The van der Waals surface area contributed by atoms with Crippen LogP contribution in [0, 0.1) is 5.92 Å². The Hall–Kier alpha value is -0.0800. The van der Waals surface area contributed by atoms with Crippen molar-refractivity contribution in [3.8, 4) is 0 Å². The van der Waals surface area contributed by atoms with Crippen LogP contribution in [0.4, 0.5) is 0 Å². The first kappa shape index (κ1) is 9.01. The Morgan fingerprint density at radius 1 is 1.55 bits per heavy atom. The van der Waals surface area contributed by atoms with E-state index >= 15 is 0 Å². The second-order valence-electron chi connectivity index (χ2n) is 3.96. The summed E-state index contributed by atoms with van der Waals surface area (Å²) in [5.41, 5.74) is 5.18. The predicted molar refractivity (Wildman–Crippen MR) is 46.3 cm³/mol. The molecule has 1 unspecified atom stereocenters. The van der Waals surface area contributed by atoms with Gasteiger partial charge in [-0.15, -0.1) is 0 Å². The average Bonchev–Trinajstić information content (AvgIpc) is 1.96. The van der Waals surface area contributed by atoms with Crippen molar-refractivity contribution in [3.05, 3.63) is 0 Å². The van der Waals surface area contributed by atoms with Gasteiger partial charge in [-0.05, 0) is 44.6 Å². The highest BCUT2D eigenvalue weighted by Gasteiger charge is 2.33. The van der Waals surface area contributed by atoms with Gasteiger partial charge in [-0.3, -0.25) is 0 Å². The van der Waals surface area contributed by atoms with Gasteiger partial charge in [0.1, 0.15) is 0 Å². The molecule has 0 bridgehead atoms. The molecule has 1 saturated carbocycles. The Morgan fingerprint density at radius 3 is 2.55 bits per heavy atom. The molecular weight excluding hydrogens is 138 g/mol. The molecule has 11 heavy (non-hydrogen) atoms. The van der Waals surface area contributed by atoms with Crippen LogP contribution in [0.1, 0.15) is 39.0 Å². The van der Waals surface area contributed by atoms with Crippen molar-refractivity contribution < 1.29 is 5.11 Å². The van der Waals surface area contributed by atoms with E-state index in [9.17, 15) is 5.11 Å². The average molecular weight is 157 g/mol. The highest BCUT2D eigenvalue weighted by atomic mass is 16.3. The zero-order valence-corrected chi connectivity index (χ0v) is 7.34. The van der Waals surface area contributed by atoms with Gasteiger partial charge in [0.15, 0.2) is 0 Å². The largest absolute Gasteiger partial charge is 0.390 e. The molecule has 1 aliphatic rings. The third-order valence-corrected chi connectivity index (χ3v) is 2.79. The minimum atomic E-state index is -0.302. The molecule has 1 fully saturated rings. The minimum Gasteiger partial charge on any atom is -0.390 e. The van der Waals surface area contributed by atoms with E-state index in [0.29, 0.717) is 5.92 Å². The molecule has 0 aromatic heterocycles. The van der Waals surface area contributed by atoms with Crippen LogP contribution in [-0.4, -0.2) is 17.3 Å². The smallest absolute Gasteiger partial charge is 0.0648 e. The van der Waals surface area contributed by atoms with Crippen molar-refractivity contribution in [2.75, 3.05) is 6.54 Å². The molecule has 0 saturated heterocycles. The highest BCUT2D eigenvalue weighted by Crippen LogP contribution is 2.36. The third kappa shape index (κ3) is 2.46. The minimum absolute atomic E-state index is 0.302. The molecule has 0 heterocycles. The van der Waals surface area contributed by atoms with Gasteiger partial charge < -0.3 is 10.8 Å². The van der Waals surface area contributed by atoms with E-state index in [1.165, 1.54) is 6.42 Å². The van der Waals surface area contributed by atoms with Crippen LogP contribution < -0.4 is 5.73 Å². The monoisotopic (exact) mass is 157 g/mol. The van der Waals surface area contributed by atoms with Crippen molar-refractivity contribution in [1.29, 1.82) is 0 Å². The Morgan fingerprint density at radius 2 is 2.18 bits per heavy atom. The maximum atomic E-state index is 9.71. The van der Waals surface area contributed by atoms with Crippen LogP contribution >= 0.6 is 0 Å². The lowest BCUT2D eigenvalue weighted by Crippen LogP contribution is -2.37. The number of hydrogen-bond acceptors (Lipinski definition) is 2. The molecule has 66 valence electrons. The first-order valence-electron chi connectivity index (χ1n) is 4.59. The summed E-state index contributed by atoms with van der Waals surface area (Å²) in [5, 5.41) is 9.71. The SMILES string of the molecule is CC(CN)CCC1(O)CCC1. The maximum absolute atomic E-state index is 9.71. The quantitative estimate of drug-likeness (QED) is 0.645. The van der Waals surface area contributed by atoms with E-state index in [1.807, 2.05) is 0 Å². The highest BCUT2D eigenvalue weighted by molar-refractivity contribution is 4.87. The summed E-state index contributed by atoms with van der Waals surface area (Å²) in [4.78, 5) is 0. The van der Waals surface area contributed by atoms with E-state index in [0.717, 1.165) is 32.2 Å². The second kappa shape index (κ2) is 3.55. The number of nitrogens with two attached hydrogens (primary N) is 1. The van der Waals surface area contributed by atoms with Gasteiger partial charge in [-0.2, -0.15) is 0 Å². The summed E-state index contributed by atoms with van der Waals surface area (Å²) >= 11 is 0. The lowest BCUT2D eigenvalue weighted by Gasteiger charge is -2.37. The van der Waals surface area contributed by atoms with Gasteiger partial charge >= 0.3 is 0 Å². The number of hydrogen-bond donors (Lipinski definition) is 2. The van der Waals surface area contributed by atoms with Crippen molar-refractivity contribution in [2.45, 2.75) is 44.6 Å². The zero-order chi connectivity index (χ0) is 8.32. The molecule has 3 N–H and O–H groups in total. The fraction of sp³-hybridized carbons (Fsp3) is 1.00. The molecule has 1 atom stereocenters. The molecule has 2 heteroatoms. The van der Waals surface area contributed by atoms with Crippen LogP contribution in [-0.2, 0) is 0 Å². The van der Waals surface area contributed by atoms with E-state index in [-0.39, 0.29) is 5.60 Å². The normalized spacial score (nSPS) is 24.3. The van der Waals surface area contributed by atoms with Crippen molar-refractivity contribution >= 4 is 0 Å². The molecule has 0 aromatic rings. The van der Waals surface area contributed by atoms with Gasteiger partial charge in [-0.1, -0.05) is 6.92 Å². The molecule has 1 rings (SSSR count). The predicted octanol–water partition coefficient (Wildman–Crippen LogP) is 1.28. The van der Waals surface area contributed by atoms with E-state index in [4.69, 9.17) is 5.73 Å². The lowest BCUT2D eigenvalue weighted by molar-refractivity contribution is -0.0439. The summed E-state index contributed by atoms with van der Waals surface area (Å²) in [7, 11) is 0. The van der Waals surface area contributed by atoms with E-state index in [2.05, 4.69) is 6.92 Å². The Balaban J connectivity index is 2.11. The fourth-order valence-corrected chi connectivity index (χ4v) is 1.47. The Kier molecular flexibility index (Phi) is 2.90. The third-order valence-electron chi connectivity index (χ3n) is 2.79. The summed E-state index contributed by atoms with van der Waals surface area (Å²) in [6.45, 7) is 2.89. The van der Waals surface area contributed by atoms with Crippen LogP contribution in [0.25, 0.3) is 0 Å². The fourth-order valence-electron chi connectivity index (χ4n) is 1.47. The summed E-state index contributed by atoms with van der Waals surface area (Å²) in [6, 6.07) is 0. The van der Waals surface area contributed by atoms with Gasteiger partial charge in [0.05, 0.1) is 5.60 Å². The summed E-state index contributed by atoms with van der Waals surface area (Å²) in [5.74, 6) is 0.569. The first-order valence-corrected chi connectivity index (χ1v) is 4.59. The van der Waals surface area contributed by atoms with Gasteiger partial charge in [0, 0.05) is 0 Å². The molecular formula is C9H19NO. The first-order chi connectivity index (χ1) is 5.16. The molecule has 0 aliphatic heterocycles. The molecule has 2 nitrogen and oxygen atoms in total. The van der Waals surface area contributed by atoms with Crippen molar-refractivity contribution in [2.24, 2.45) is 11.7 Å². The van der Waals surface area contributed by atoms with E-state index < -0.39 is 0 Å². The van der Waals surface area contributed by atoms with Gasteiger partial charge in [0.25, 0.3) is 0 Å². The standard InChI is InChI=1S/C9H19NO/c1-8(7-10)3-6-9(11)4-2-5-9/h8,11H,2-7,10H2,1H3. The van der Waals surface area contributed by atoms with Crippen LogP contribution in [0.5, 0.6) is 0 Å². The topological polar surface area (TPSA) is 46.2 Å². The van der Waals surface area contributed by atoms with Crippen LogP contribution in [0.3, 0.4) is 0 Å². The van der Waals surface area contributed by atoms with Crippen molar-refractivity contribution in [1.82, 2.24) is 0 Å². The molecule has 0 amide bonds. The lowest BCUT2D eigenvalue weighted by atomic mass is 9.76. The van der Waals surface area contributed by atoms with Gasteiger partial charge in [-0.25, -0.2) is 0 Å². The molecule has 0 spiro atoms. The molecule has 0 radical (unpaired) electrons. The van der Waals surface area contributed by atoms with Crippen LogP contribution in [0.15, 0.2) is 0 Å². The zero-order valence-electron chi connectivity index (χ0n) is 7.34.